The molecule has 3 amide bonds. The topological polar surface area (TPSA) is 81.8 Å². The lowest BCUT2D eigenvalue weighted by molar-refractivity contribution is -0.136. The predicted octanol–water partition coefficient (Wildman–Crippen LogP) is 2.42. The number of hydrogen-bond acceptors (Lipinski definition) is 5. The van der Waals surface area contributed by atoms with E-state index in [2.05, 4.69) is 59.0 Å². The maximum atomic E-state index is 13.0. The first-order valence-corrected chi connectivity index (χ1v) is 12.2. The van der Waals surface area contributed by atoms with Crippen LogP contribution in [-0.2, 0) is 22.7 Å². The zero-order valence-electron chi connectivity index (χ0n) is 19.6. The minimum atomic E-state index is -0.570. The average Bonchev–Trinajstić information content (AvgIpc) is 2.99. The van der Waals surface area contributed by atoms with Crippen LogP contribution in [-0.4, -0.2) is 59.7 Å². The Bertz CT molecular complexity index is 1090. The van der Waals surface area contributed by atoms with Gasteiger partial charge < -0.3 is 10.2 Å². The third-order valence-corrected chi connectivity index (χ3v) is 7.52. The van der Waals surface area contributed by atoms with E-state index >= 15 is 0 Å². The molecule has 0 spiro atoms. The SMILES string of the molecule is CN(Cc1ccccc1)[C@@H]1CNCCC(c2ccc3c(c2)CN(C2CCC(=O)NC2=O)C3=O)C1. The number of nitrogens with one attached hydrogen (secondary N) is 2. The number of piperidine rings is 1. The highest BCUT2D eigenvalue weighted by molar-refractivity contribution is 6.05. The lowest BCUT2D eigenvalue weighted by Crippen LogP contribution is -2.52. The first-order valence-electron chi connectivity index (χ1n) is 12.2. The second kappa shape index (κ2) is 9.68. The van der Waals surface area contributed by atoms with Crippen LogP contribution in [0.2, 0.25) is 0 Å². The molecule has 2 aromatic rings. The summed E-state index contributed by atoms with van der Waals surface area (Å²) in [5, 5.41) is 5.98. The fourth-order valence-corrected chi connectivity index (χ4v) is 5.56. The molecule has 0 aliphatic carbocycles. The summed E-state index contributed by atoms with van der Waals surface area (Å²) in [6, 6.07) is 16.6. The molecule has 2 saturated heterocycles. The zero-order chi connectivity index (χ0) is 23.7. The molecule has 178 valence electrons. The van der Waals surface area contributed by atoms with E-state index in [1.807, 2.05) is 12.1 Å². The van der Waals surface area contributed by atoms with Gasteiger partial charge in [0.05, 0.1) is 0 Å². The summed E-state index contributed by atoms with van der Waals surface area (Å²) in [5.41, 5.74) is 4.24. The molecule has 2 fully saturated rings. The standard InChI is InChI=1S/C27H32N4O3/c1-30(16-18-5-3-2-4-6-18)22-14-20(11-12-28-15-22)19-7-8-23-21(13-19)17-31(27(23)34)24-9-10-25(32)29-26(24)33/h2-8,13,20,22,24,28H,9-12,14-17H2,1H3,(H,29,32,33)/t20?,22-,24?/m0/s1. The molecule has 34 heavy (non-hydrogen) atoms. The molecule has 3 aliphatic rings. The van der Waals surface area contributed by atoms with Gasteiger partial charge in [0.1, 0.15) is 6.04 Å². The van der Waals surface area contributed by atoms with E-state index < -0.39 is 6.04 Å². The quantitative estimate of drug-likeness (QED) is 0.670. The van der Waals surface area contributed by atoms with Gasteiger partial charge in [-0.3, -0.25) is 24.6 Å². The minimum absolute atomic E-state index is 0.112. The fourth-order valence-electron chi connectivity index (χ4n) is 5.56. The van der Waals surface area contributed by atoms with Crippen molar-refractivity contribution in [3.63, 3.8) is 0 Å². The monoisotopic (exact) mass is 460 g/mol. The minimum Gasteiger partial charge on any atom is -0.322 e. The Balaban J connectivity index is 1.30. The lowest BCUT2D eigenvalue weighted by Gasteiger charge is -2.29. The van der Waals surface area contributed by atoms with E-state index in [1.165, 1.54) is 11.1 Å². The van der Waals surface area contributed by atoms with Gasteiger partial charge in [0, 0.05) is 37.7 Å². The van der Waals surface area contributed by atoms with Gasteiger partial charge in [0.15, 0.2) is 0 Å². The molecule has 2 unspecified atom stereocenters. The molecule has 5 rings (SSSR count). The normalized spacial score (nSPS) is 25.3. The number of carbonyl (C=O) groups excluding carboxylic acids is 3. The highest BCUT2D eigenvalue weighted by atomic mass is 16.2. The lowest BCUT2D eigenvalue weighted by atomic mass is 9.88. The molecule has 3 atom stereocenters. The van der Waals surface area contributed by atoms with Gasteiger partial charge >= 0.3 is 0 Å². The molecule has 0 saturated carbocycles. The molecule has 0 radical (unpaired) electrons. The van der Waals surface area contributed by atoms with Crippen molar-refractivity contribution in [2.45, 2.75) is 56.8 Å². The molecular formula is C27H32N4O3. The summed E-state index contributed by atoms with van der Waals surface area (Å²) in [6.45, 7) is 3.28. The van der Waals surface area contributed by atoms with Crippen molar-refractivity contribution in [3.8, 4) is 0 Å². The van der Waals surface area contributed by atoms with E-state index in [1.54, 1.807) is 4.90 Å². The predicted molar refractivity (Wildman–Crippen MR) is 129 cm³/mol. The average molecular weight is 461 g/mol. The van der Waals surface area contributed by atoms with Crippen molar-refractivity contribution in [3.05, 3.63) is 70.8 Å². The summed E-state index contributed by atoms with van der Waals surface area (Å²) in [6.07, 6.45) is 2.77. The van der Waals surface area contributed by atoms with E-state index in [4.69, 9.17) is 0 Å². The highest BCUT2D eigenvalue weighted by Gasteiger charge is 2.39. The van der Waals surface area contributed by atoms with Crippen LogP contribution in [0.25, 0.3) is 0 Å². The van der Waals surface area contributed by atoms with Gasteiger partial charge in [-0.2, -0.15) is 0 Å². The number of fused-ring (bicyclic) bond motifs is 1. The van der Waals surface area contributed by atoms with Gasteiger partial charge in [-0.25, -0.2) is 0 Å². The van der Waals surface area contributed by atoms with Crippen LogP contribution < -0.4 is 10.6 Å². The number of carbonyl (C=O) groups is 3. The Morgan fingerprint density at radius 3 is 2.68 bits per heavy atom. The highest BCUT2D eigenvalue weighted by Crippen LogP contribution is 2.33. The summed E-state index contributed by atoms with van der Waals surface area (Å²) < 4.78 is 0. The second-order valence-electron chi connectivity index (χ2n) is 9.80. The van der Waals surface area contributed by atoms with Crippen LogP contribution in [0.4, 0.5) is 0 Å². The zero-order valence-corrected chi connectivity index (χ0v) is 19.6. The number of amides is 3. The maximum Gasteiger partial charge on any atom is 0.255 e. The van der Waals surface area contributed by atoms with Crippen molar-refractivity contribution in [2.75, 3.05) is 20.1 Å². The van der Waals surface area contributed by atoms with Crippen LogP contribution in [0, 0.1) is 0 Å². The van der Waals surface area contributed by atoms with Crippen LogP contribution in [0.15, 0.2) is 48.5 Å². The van der Waals surface area contributed by atoms with E-state index in [0.29, 0.717) is 30.5 Å². The third-order valence-electron chi connectivity index (χ3n) is 7.52. The van der Waals surface area contributed by atoms with Gasteiger partial charge in [0.2, 0.25) is 11.8 Å². The Morgan fingerprint density at radius 1 is 1.06 bits per heavy atom. The molecule has 2 aromatic carbocycles. The van der Waals surface area contributed by atoms with Crippen LogP contribution >= 0.6 is 0 Å². The Hall–Kier alpha value is -3.03. The summed E-state index contributed by atoms with van der Waals surface area (Å²) in [5.74, 6) is -0.333. The van der Waals surface area contributed by atoms with Crippen molar-refractivity contribution < 1.29 is 14.4 Å². The Kier molecular flexibility index (Phi) is 6.48. The molecular weight excluding hydrogens is 428 g/mol. The smallest absolute Gasteiger partial charge is 0.255 e. The molecule has 0 bridgehead atoms. The third kappa shape index (κ3) is 4.63. The number of rotatable bonds is 5. The number of hydrogen-bond donors (Lipinski definition) is 2. The number of likely N-dealkylation sites (N-methyl/N-ethyl adjacent to an activating group) is 1. The Morgan fingerprint density at radius 2 is 1.88 bits per heavy atom. The van der Waals surface area contributed by atoms with Crippen molar-refractivity contribution in [2.24, 2.45) is 0 Å². The Labute approximate surface area is 200 Å². The largest absolute Gasteiger partial charge is 0.322 e. The molecule has 7 heteroatoms. The molecule has 0 aromatic heterocycles. The van der Waals surface area contributed by atoms with Gasteiger partial charge in [-0.05, 0) is 61.5 Å². The van der Waals surface area contributed by atoms with Crippen molar-refractivity contribution in [1.29, 1.82) is 0 Å². The first-order chi connectivity index (χ1) is 16.5. The molecule has 7 nitrogen and oxygen atoms in total. The van der Waals surface area contributed by atoms with Gasteiger partial charge in [-0.15, -0.1) is 0 Å². The first kappa shape index (κ1) is 22.7. The maximum absolute atomic E-state index is 13.0. The summed E-state index contributed by atoms with van der Waals surface area (Å²) >= 11 is 0. The summed E-state index contributed by atoms with van der Waals surface area (Å²) in [7, 11) is 2.20. The number of imide groups is 1. The van der Waals surface area contributed by atoms with Gasteiger partial charge in [0.25, 0.3) is 5.91 Å². The van der Waals surface area contributed by atoms with Crippen molar-refractivity contribution >= 4 is 17.7 Å². The van der Waals surface area contributed by atoms with Gasteiger partial charge in [-0.1, -0.05) is 42.5 Å². The summed E-state index contributed by atoms with van der Waals surface area (Å²) in [4.78, 5) is 40.9. The van der Waals surface area contributed by atoms with Crippen LogP contribution in [0.3, 0.4) is 0 Å². The van der Waals surface area contributed by atoms with E-state index in [-0.39, 0.29) is 24.1 Å². The molecule has 3 heterocycles. The van der Waals surface area contributed by atoms with Crippen molar-refractivity contribution in [1.82, 2.24) is 20.4 Å². The molecule has 2 N–H and O–H groups in total. The second-order valence-corrected chi connectivity index (χ2v) is 9.80. The number of nitrogens with zero attached hydrogens (tertiary/aromatic N) is 2. The fraction of sp³-hybridized carbons (Fsp3) is 0.444. The van der Waals surface area contributed by atoms with Crippen LogP contribution in [0.5, 0.6) is 0 Å². The number of benzene rings is 2. The van der Waals surface area contributed by atoms with E-state index in [9.17, 15) is 14.4 Å². The molecule has 3 aliphatic heterocycles. The van der Waals surface area contributed by atoms with E-state index in [0.717, 1.165) is 38.0 Å². The van der Waals surface area contributed by atoms with Crippen LogP contribution in [0.1, 0.15) is 58.6 Å².